The van der Waals surface area contributed by atoms with Crippen LogP contribution < -0.4 is 15.8 Å². The van der Waals surface area contributed by atoms with E-state index in [0.717, 1.165) is 0 Å². The Balaban J connectivity index is 2.75. The largest absolute Gasteiger partial charge is 0.496 e. The highest BCUT2D eigenvalue weighted by molar-refractivity contribution is 5.99. The molecule has 1 aromatic carbocycles. The van der Waals surface area contributed by atoms with Crippen molar-refractivity contribution in [3.8, 4) is 5.75 Å². The van der Waals surface area contributed by atoms with E-state index in [1.54, 1.807) is 25.1 Å². The highest BCUT2D eigenvalue weighted by Gasteiger charge is 2.18. The molecular weight excluding hydrogens is 236 g/mol. The lowest BCUT2D eigenvalue weighted by atomic mass is 10.1. The lowest BCUT2D eigenvalue weighted by Crippen LogP contribution is -2.28. The summed E-state index contributed by atoms with van der Waals surface area (Å²) in [5.41, 5.74) is 6.06. The Bertz CT molecular complexity index is 446. The van der Waals surface area contributed by atoms with Crippen LogP contribution in [0.2, 0.25) is 0 Å². The number of esters is 1. The Morgan fingerprint density at radius 1 is 1.39 bits per heavy atom. The fourth-order valence-corrected chi connectivity index (χ4v) is 1.39. The summed E-state index contributed by atoms with van der Waals surface area (Å²) in [6.45, 7) is 1.91. The average molecular weight is 252 g/mol. The predicted molar refractivity (Wildman–Crippen MR) is 66.4 cm³/mol. The van der Waals surface area contributed by atoms with Crippen molar-refractivity contribution in [1.29, 1.82) is 0 Å². The van der Waals surface area contributed by atoms with Gasteiger partial charge in [0.2, 0.25) is 0 Å². The lowest BCUT2D eigenvalue weighted by molar-refractivity contribution is -0.124. The number of hydrogen-bond donors (Lipinski definition) is 2. The fraction of sp³-hybridized carbons (Fsp3) is 0.333. The molecule has 6 heteroatoms. The van der Waals surface area contributed by atoms with Gasteiger partial charge >= 0.3 is 5.97 Å². The number of rotatable bonds is 5. The molecule has 0 aliphatic carbocycles. The van der Waals surface area contributed by atoms with Crippen LogP contribution >= 0.6 is 0 Å². The maximum atomic E-state index is 11.8. The third-order valence-corrected chi connectivity index (χ3v) is 2.19. The normalized spacial score (nSPS) is 9.67. The van der Waals surface area contributed by atoms with Crippen LogP contribution in [0.1, 0.15) is 17.3 Å². The van der Waals surface area contributed by atoms with E-state index in [9.17, 15) is 9.59 Å². The summed E-state index contributed by atoms with van der Waals surface area (Å²) in [6.07, 6.45) is 0. The summed E-state index contributed by atoms with van der Waals surface area (Å²) in [4.78, 5) is 23.0. The first-order valence-corrected chi connectivity index (χ1v) is 5.46. The average Bonchev–Trinajstić information content (AvgIpc) is 2.36. The first-order chi connectivity index (χ1) is 8.60. The van der Waals surface area contributed by atoms with Crippen LogP contribution in [0.3, 0.4) is 0 Å². The molecule has 0 aliphatic heterocycles. The number of carbonyl (C=O) groups is 2. The Hall–Kier alpha value is -2.24. The van der Waals surface area contributed by atoms with E-state index in [1.165, 1.54) is 7.11 Å². The fourth-order valence-electron chi connectivity index (χ4n) is 1.39. The van der Waals surface area contributed by atoms with E-state index in [2.05, 4.69) is 5.32 Å². The molecule has 1 rings (SSSR count). The minimum Gasteiger partial charge on any atom is -0.496 e. The van der Waals surface area contributed by atoms with Crippen molar-refractivity contribution in [1.82, 2.24) is 5.32 Å². The van der Waals surface area contributed by atoms with Gasteiger partial charge in [-0.25, -0.2) is 4.79 Å². The number of benzene rings is 1. The molecule has 0 aromatic heterocycles. The topological polar surface area (TPSA) is 90.7 Å². The molecule has 0 radical (unpaired) electrons. The molecule has 0 bridgehead atoms. The van der Waals surface area contributed by atoms with Crippen LogP contribution in [0.4, 0.5) is 5.69 Å². The molecule has 0 spiro atoms. The molecule has 1 amide bonds. The minimum atomic E-state index is -0.684. The Kier molecular flexibility index (Phi) is 4.98. The third kappa shape index (κ3) is 3.38. The van der Waals surface area contributed by atoms with Crippen molar-refractivity contribution in [2.75, 3.05) is 26.0 Å². The molecule has 0 fully saturated rings. The van der Waals surface area contributed by atoms with Crippen molar-refractivity contribution >= 4 is 17.6 Å². The number of nitrogens with one attached hydrogen (secondary N) is 1. The minimum absolute atomic E-state index is 0.129. The van der Waals surface area contributed by atoms with Crippen LogP contribution in [0.15, 0.2) is 18.2 Å². The summed E-state index contributed by atoms with van der Waals surface area (Å²) in [7, 11) is 1.43. The number of carbonyl (C=O) groups excluding carboxylic acids is 2. The second-order valence-electron chi connectivity index (χ2n) is 3.45. The van der Waals surface area contributed by atoms with Crippen LogP contribution in [0, 0.1) is 0 Å². The Labute approximate surface area is 105 Å². The maximum Gasteiger partial charge on any atom is 0.344 e. The van der Waals surface area contributed by atoms with Gasteiger partial charge in [-0.15, -0.1) is 0 Å². The number of methoxy groups -OCH3 is 1. The standard InChI is InChI=1S/C12H16N2O4/c1-3-14-10(15)7-18-12(16)11-8(13)5-4-6-9(11)17-2/h4-6H,3,7,13H2,1-2H3,(H,14,15). The van der Waals surface area contributed by atoms with E-state index < -0.39 is 5.97 Å². The van der Waals surface area contributed by atoms with E-state index in [0.29, 0.717) is 12.3 Å². The summed E-state index contributed by atoms with van der Waals surface area (Å²) in [6, 6.07) is 4.82. The molecule has 0 saturated heterocycles. The number of nitrogens with two attached hydrogens (primary N) is 1. The molecule has 0 atom stereocenters. The van der Waals surface area contributed by atoms with Gasteiger partial charge in [-0.05, 0) is 19.1 Å². The molecule has 1 aromatic rings. The number of hydrogen-bond acceptors (Lipinski definition) is 5. The number of nitrogen functional groups attached to an aromatic ring is 1. The van der Waals surface area contributed by atoms with E-state index >= 15 is 0 Å². The zero-order valence-electron chi connectivity index (χ0n) is 10.4. The second-order valence-corrected chi connectivity index (χ2v) is 3.45. The van der Waals surface area contributed by atoms with Crippen molar-refractivity contribution in [2.24, 2.45) is 0 Å². The van der Waals surface area contributed by atoms with E-state index in [-0.39, 0.29) is 23.8 Å². The SMILES string of the molecule is CCNC(=O)COC(=O)c1c(N)cccc1OC. The van der Waals surface area contributed by atoms with Crippen molar-refractivity contribution in [3.63, 3.8) is 0 Å². The first-order valence-electron chi connectivity index (χ1n) is 5.46. The Morgan fingerprint density at radius 2 is 2.11 bits per heavy atom. The number of ether oxygens (including phenoxy) is 2. The van der Waals surface area contributed by atoms with Crippen LogP contribution in [-0.4, -0.2) is 32.1 Å². The zero-order valence-corrected chi connectivity index (χ0v) is 10.4. The second kappa shape index (κ2) is 6.48. The quantitative estimate of drug-likeness (QED) is 0.590. The molecule has 0 heterocycles. The molecule has 0 aliphatic rings. The van der Waals surface area contributed by atoms with Gasteiger partial charge in [-0.3, -0.25) is 4.79 Å². The number of amides is 1. The van der Waals surface area contributed by atoms with E-state index in [1.807, 2.05) is 0 Å². The number of likely N-dealkylation sites (N-methyl/N-ethyl adjacent to an activating group) is 1. The maximum absolute atomic E-state index is 11.8. The molecule has 0 unspecified atom stereocenters. The van der Waals surface area contributed by atoms with Crippen LogP contribution in [0.5, 0.6) is 5.75 Å². The van der Waals surface area contributed by atoms with Gasteiger partial charge in [0.1, 0.15) is 11.3 Å². The zero-order chi connectivity index (χ0) is 13.5. The molecule has 98 valence electrons. The monoisotopic (exact) mass is 252 g/mol. The van der Waals surface area contributed by atoms with Gasteiger partial charge in [0.15, 0.2) is 6.61 Å². The molecule has 6 nitrogen and oxygen atoms in total. The molecule has 18 heavy (non-hydrogen) atoms. The van der Waals surface area contributed by atoms with Gasteiger partial charge in [0.05, 0.1) is 7.11 Å². The molecular formula is C12H16N2O4. The van der Waals surface area contributed by atoms with Gasteiger partial charge in [0, 0.05) is 12.2 Å². The highest BCUT2D eigenvalue weighted by atomic mass is 16.5. The highest BCUT2D eigenvalue weighted by Crippen LogP contribution is 2.24. The van der Waals surface area contributed by atoms with Gasteiger partial charge < -0.3 is 20.5 Å². The van der Waals surface area contributed by atoms with E-state index in [4.69, 9.17) is 15.2 Å². The van der Waals surface area contributed by atoms with Gasteiger partial charge in [-0.2, -0.15) is 0 Å². The predicted octanol–water partition coefficient (Wildman–Crippen LogP) is 0.570. The third-order valence-electron chi connectivity index (χ3n) is 2.19. The summed E-state index contributed by atoms with van der Waals surface area (Å²) >= 11 is 0. The van der Waals surface area contributed by atoms with Crippen molar-refractivity contribution in [3.05, 3.63) is 23.8 Å². The summed E-state index contributed by atoms with van der Waals surface area (Å²) in [5.74, 6) is -0.730. The van der Waals surface area contributed by atoms with Gasteiger partial charge in [0.25, 0.3) is 5.91 Å². The molecule has 0 saturated carbocycles. The van der Waals surface area contributed by atoms with Crippen LogP contribution in [-0.2, 0) is 9.53 Å². The lowest BCUT2D eigenvalue weighted by Gasteiger charge is -2.10. The smallest absolute Gasteiger partial charge is 0.344 e. The van der Waals surface area contributed by atoms with Crippen molar-refractivity contribution < 1.29 is 19.1 Å². The van der Waals surface area contributed by atoms with Crippen molar-refractivity contribution in [2.45, 2.75) is 6.92 Å². The number of anilines is 1. The van der Waals surface area contributed by atoms with Crippen LogP contribution in [0.25, 0.3) is 0 Å². The summed E-state index contributed by atoms with van der Waals surface area (Å²) in [5, 5.41) is 2.52. The summed E-state index contributed by atoms with van der Waals surface area (Å²) < 4.78 is 9.87. The molecule has 3 N–H and O–H groups in total. The first kappa shape index (κ1) is 13.8. The van der Waals surface area contributed by atoms with Gasteiger partial charge in [-0.1, -0.05) is 6.07 Å². The Morgan fingerprint density at radius 3 is 2.72 bits per heavy atom.